The highest BCUT2D eigenvalue weighted by molar-refractivity contribution is 5.79. The molecule has 5 heteroatoms. The minimum atomic E-state index is -0.408. The lowest BCUT2D eigenvalue weighted by atomic mass is 10.0. The lowest BCUT2D eigenvalue weighted by Gasteiger charge is -2.18. The van der Waals surface area contributed by atoms with E-state index in [-0.39, 0.29) is 30.6 Å². The highest BCUT2D eigenvalue weighted by atomic mass is 19.1. The normalized spacial score (nSPS) is 11.6. The molecule has 0 radical (unpaired) electrons. The molecular weight excluding hydrogens is 295 g/mol. The minimum Gasteiger partial charge on any atom is -0.352 e. The number of carbonyl (C=O) groups is 2. The zero-order valence-electron chi connectivity index (χ0n) is 12.9. The third-order valence-corrected chi connectivity index (χ3v) is 3.40. The van der Waals surface area contributed by atoms with E-state index >= 15 is 0 Å². The Morgan fingerprint density at radius 3 is 2.35 bits per heavy atom. The topological polar surface area (TPSA) is 58.2 Å². The summed E-state index contributed by atoms with van der Waals surface area (Å²) in [5.74, 6) is -0.814. The molecule has 0 fully saturated rings. The first-order valence-electron chi connectivity index (χ1n) is 7.38. The molecule has 0 spiro atoms. The van der Waals surface area contributed by atoms with Gasteiger partial charge >= 0.3 is 0 Å². The third kappa shape index (κ3) is 5.21. The number of nitrogens with one attached hydrogen (secondary N) is 2. The van der Waals surface area contributed by atoms with Crippen LogP contribution >= 0.6 is 0 Å². The molecule has 0 aliphatic rings. The smallest absolute Gasteiger partial charge is 0.222 e. The molecule has 0 saturated carbocycles. The second-order valence-corrected chi connectivity index (χ2v) is 5.24. The Labute approximate surface area is 134 Å². The fraction of sp³-hybridized carbons (Fsp3) is 0.222. The second-order valence-electron chi connectivity index (χ2n) is 5.24. The van der Waals surface area contributed by atoms with Gasteiger partial charge in [0.2, 0.25) is 11.8 Å². The summed E-state index contributed by atoms with van der Waals surface area (Å²) < 4.78 is 13.5. The first-order valence-corrected chi connectivity index (χ1v) is 7.38. The van der Waals surface area contributed by atoms with E-state index in [9.17, 15) is 14.0 Å². The monoisotopic (exact) mass is 314 g/mol. The molecule has 2 aromatic carbocycles. The van der Waals surface area contributed by atoms with Crippen LogP contribution in [0.1, 0.15) is 30.5 Å². The van der Waals surface area contributed by atoms with Crippen molar-refractivity contribution in [2.75, 3.05) is 0 Å². The van der Waals surface area contributed by atoms with Crippen molar-refractivity contribution in [2.45, 2.75) is 25.9 Å². The van der Waals surface area contributed by atoms with E-state index in [2.05, 4.69) is 10.6 Å². The Kier molecular flexibility index (Phi) is 5.86. The SMILES string of the molecule is CC(=O)N[C@H](CC(=O)NCc1ccccc1F)c1ccccc1. The molecule has 0 aliphatic carbocycles. The summed E-state index contributed by atoms with van der Waals surface area (Å²) in [5, 5.41) is 5.45. The lowest BCUT2D eigenvalue weighted by Crippen LogP contribution is -2.32. The average Bonchev–Trinajstić information content (AvgIpc) is 2.54. The quantitative estimate of drug-likeness (QED) is 0.861. The molecule has 0 saturated heterocycles. The van der Waals surface area contributed by atoms with Crippen LogP contribution < -0.4 is 10.6 Å². The van der Waals surface area contributed by atoms with Gasteiger partial charge in [-0.3, -0.25) is 9.59 Å². The summed E-state index contributed by atoms with van der Waals surface area (Å²) in [7, 11) is 0. The number of carbonyl (C=O) groups excluding carboxylic acids is 2. The second kappa shape index (κ2) is 8.08. The highest BCUT2D eigenvalue weighted by Crippen LogP contribution is 2.16. The number of amides is 2. The van der Waals surface area contributed by atoms with Crippen molar-refractivity contribution in [3.63, 3.8) is 0 Å². The van der Waals surface area contributed by atoms with Crippen LogP contribution in [0.4, 0.5) is 4.39 Å². The van der Waals surface area contributed by atoms with Gasteiger partial charge in [0.05, 0.1) is 12.5 Å². The summed E-state index contributed by atoms with van der Waals surface area (Å²) in [6.45, 7) is 1.53. The van der Waals surface area contributed by atoms with Crippen LogP contribution in [-0.4, -0.2) is 11.8 Å². The summed E-state index contributed by atoms with van der Waals surface area (Å²) in [5.41, 5.74) is 1.28. The molecule has 2 aromatic rings. The molecule has 0 aromatic heterocycles. The molecule has 2 N–H and O–H groups in total. The molecule has 0 unspecified atom stereocenters. The van der Waals surface area contributed by atoms with E-state index in [0.29, 0.717) is 5.56 Å². The summed E-state index contributed by atoms with van der Waals surface area (Å²) in [6, 6.07) is 15.2. The van der Waals surface area contributed by atoms with E-state index < -0.39 is 6.04 Å². The van der Waals surface area contributed by atoms with Crippen molar-refractivity contribution in [3.05, 3.63) is 71.5 Å². The van der Waals surface area contributed by atoms with Gasteiger partial charge in [0.15, 0.2) is 0 Å². The summed E-state index contributed by atoms with van der Waals surface area (Å²) in [6.07, 6.45) is 0.0953. The number of rotatable bonds is 6. The number of hydrogen-bond donors (Lipinski definition) is 2. The van der Waals surface area contributed by atoms with Crippen molar-refractivity contribution in [1.82, 2.24) is 10.6 Å². The van der Waals surface area contributed by atoms with E-state index in [1.54, 1.807) is 18.2 Å². The fourth-order valence-electron chi connectivity index (χ4n) is 2.28. The maximum Gasteiger partial charge on any atom is 0.222 e. The third-order valence-electron chi connectivity index (χ3n) is 3.40. The Balaban J connectivity index is 1.98. The van der Waals surface area contributed by atoms with Crippen LogP contribution in [0, 0.1) is 5.82 Å². The highest BCUT2D eigenvalue weighted by Gasteiger charge is 2.17. The molecule has 0 aliphatic heterocycles. The first-order chi connectivity index (χ1) is 11.1. The Morgan fingerprint density at radius 2 is 1.70 bits per heavy atom. The molecule has 0 bridgehead atoms. The van der Waals surface area contributed by atoms with Crippen LogP contribution in [0.25, 0.3) is 0 Å². The first kappa shape index (κ1) is 16.7. The van der Waals surface area contributed by atoms with E-state index in [0.717, 1.165) is 5.56 Å². The van der Waals surface area contributed by atoms with Gasteiger partial charge in [0.25, 0.3) is 0 Å². The predicted octanol–water partition coefficient (Wildman–Crippen LogP) is 2.71. The van der Waals surface area contributed by atoms with Crippen LogP contribution in [-0.2, 0) is 16.1 Å². The van der Waals surface area contributed by atoms with Gasteiger partial charge in [-0.05, 0) is 11.6 Å². The van der Waals surface area contributed by atoms with Crippen LogP contribution in [0.15, 0.2) is 54.6 Å². The van der Waals surface area contributed by atoms with Gasteiger partial charge in [-0.15, -0.1) is 0 Å². The van der Waals surface area contributed by atoms with Gasteiger partial charge in [0.1, 0.15) is 5.82 Å². The zero-order chi connectivity index (χ0) is 16.7. The Morgan fingerprint density at radius 1 is 1.04 bits per heavy atom. The van der Waals surface area contributed by atoms with E-state index in [1.165, 1.54) is 13.0 Å². The fourth-order valence-corrected chi connectivity index (χ4v) is 2.28. The maximum atomic E-state index is 13.5. The van der Waals surface area contributed by atoms with Crippen molar-refractivity contribution in [3.8, 4) is 0 Å². The zero-order valence-corrected chi connectivity index (χ0v) is 12.9. The molecule has 23 heavy (non-hydrogen) atoms. The number of benzene rings is 2. The minimum absolute atomic E-state index is 0.0953. The van der Waals surface area contributed by atoms with Crippen molar-refractivity contribution in [2.24, 2.45) is 0 Å². The molecule has 0 heterocycles. The molecule has 120 valence electrons. The van der Waals surface area contributed by atoms with Crippen LogP contribution in [0.3, 0.4) is 0 Å². The lowest BCUT2D eigenvalue weighted by molar-refractivity contribution is -0.122. The van der Waals surface area contributed by atoms with Crippen molar-refractivity contribution in [1.29, 1.82) is 0 Å². The van der Waals surface area contributed by atoms with Crippen molar-refractivity contribution < 1.29 is 14.0 Å². The van der Waals surface area contributed by atoms with Gasteiger partial charge in [-0.1, -0.05) is 48.5 Å². The predicted molar refractivity (Wildman–Crippen MR) is 85.9 cm³/mol. The van der Waals surface area contributed by atoms with E-state index in [1.807, 2.05) is 30.3 Å². The van der Waals surface area contributed by atoms with Crippen molar-refractivity contribution >= 4 is 11.8 Å². The van der Waals surface area contributed by atoms with Gasteiger partial charge in [-0.25, -0.2) is 4.39 Å². The van der Waals surface area contributed by atoms with Gasteiger partial charge in [0, 0.05) is 19.0 Å². The number of halogens is 1. The van der Waals surface area contributed by atoms with Crippen LogP contribution in [0.2, 0.25) is 0 Å². The summed E-state index contributed by atoms with van der Waals surface area (Å²) >= 11 is 0. The maximum absolute atomic E-state index is 13.5. The largest absolute Gasteiger partial charge is 0.352 e. The Hall–Kier alpha value is -2.69. The standard InChI is InChI=1S/C18H19FN2O2/c1-13(22)21-17(14-7-3-2-4-8-14)11-18(23)20-12-15-9-5-6-10-16(15)19/h2-10,17H,11-12H2,1H3,(H,20,23)(H,21,22)/t17-/m1/s1. The van der Waals surface area contributed by atoms with E-state index in [4.69, 9.17) is 0 Å². The molecular formula is C18H19FN2O2. The van der Waals surface area contributed by atoms with Crippen LogP contribution in [0.5, 0.6) is 0 Å². The van der Waals surface area contributed by atoms with Gasteiger partial charge in [-0.2, -0.15) is 0 Å². The molecule has 4 nitrogen and oxygen atoms in total. The number of hydrogen-bond acceptors (Lipinski definition) is 2. The average molecular weight is 314 g/mol. The Bertz CT molecular complexity index is 674. The summed E-state index contributed by atoms with van der Waals surface area (Å²) in [4.78, 5) is 23.4. The molecule has 2 amide bonds. The molecule has 2 rings (SSSR count). The molecule has 1 atom stereocenters. The van der Waals surface area contributed by atoms with Gasteiger partial charge < -0.3 is 10.6 Å².